The van der Waals surface area contributed by atoms with Crippen LogP contribution in [0.5, 0.6) is 0 Å². The lowest BCUT2D eigenvalue weighted by atomic mass is 9.97. The maximum atomic E-state index is 4.38. The van der Waals surface area contributed by atoms with Crippen molar-refractivity contribution >= 4 is 5.95 Å². The van der Waals surface area contributed by atoms with Gasteiger partial charge in [0.2, 0.25) is 5.95 Å². The fourth-order valence-electron chi connectivity index (χ4n) is 2.03. The van der Waals surface area contributed by atoms with Crippen LogP contribution in [0.2, 0.25) is 0 Å². The van der Waals surface area contributed by atoms with Crippen molar-refractivity contribution in [3.8, 4) is 0 Å². The number of aryl methyl sites for hydroxylation is 2. The van der Waals surface area contributed by atoms with Gasteiger partial charge in [0, 0.05) is 6.54 Å². The molecule has 1 aliphatic heterocycles. The Hall–Kier alpha value is -1.23. The van der Waals surface area contributed by atoms with Crippen LogP contribution in [0.3, 0.4) is 0 Å². The Morgan fingerprint density at radius 1 is 1.18 bits per heavy atom. The number of hydrogen-bond donors (Lipinski definition) is 1. The number of hydrogen-bond acceptors (Lipinski definition) is 5. The minimum absolute atomic E-state index is 0.659. The molecule has 0 radical (unpaired) electrons. The first-order chi connectivity index (χ1) is 8.15. The van der Waals surface area contributed by atoms with Crippen LogP contribution in [0.1, 0.15) is 24.2 Å². The van der Waals surface area contributed by atoms with Crippen molar-refractivity contribution in [1.29, 1.82) is 0 Å². The Labute approximate surface area is 103 Å². The molecule has 0 bridgehead atoms. The quantitative estimate of drug-likeness (QED) is 0.854. The van der Waals surface area contributed by atoms with Crippen LogP contribution in [0.4, 0.5) is 5.95 Å². The first-order valence-corrected chi connectivity index (χ1v) is 6.25. The van der Waals surface area contributed by atoms with Crippen molar-refractivity contribution in [2.75, 3.05) is 32.0 Å². The molecule has 1 fully saturated rings. The maximum Gasteiger partial charge on any atom is 0.242 e. The number of nitrogens with zero attached hydrogens (tertiary/aromatic N) is 4. The SMILES string of the molecule is Cc1nnc(NCC2CCN(C)CC2)nc1C. The molecule has 1 aliphatic rings. The monoisotopic (exact) mass is 235 g/mol. The highest BCUT2D eigenvalue weighted by atomic mass is 15.2. The highest BCUT2D eigenvalue weighted by Crippen LogP contribution is 2.16. The van der Waals surface area contributed by atoms with Gasteiger partial charge in [0.15, 0.2) is 0 Å². The number of anilines is 1. The molecule has 2 rings (SSSR count). The van der Waals surface area contributed by atoms with Crippen LogP contribution >= 0.6 is 0 Å². The Kier molecular flexibility index (Phi) is 3.89. The molecular weight excluding hydrogens is 214 g/mol. The molecule has 1 aromatic rings. The second-order valence-corrected chi connectivity index (χ2v) is 4.93. The second kappa shape index (κ2) is 5.40. The van der Waals surface area contributed by atoms with Gasteiger partial charge in [0.05, 0.1) is 11.4 Å². The Balaban J connectivity index is 1.83. The number of aromatic nitrogens is 3. The van der Waals surface area contributed by atoms with Gasteiger partial charge in [-0.1, -0.05) is 0 Å². The first-order valence-electron chi connectivity index (χ1n) is 6.25. The van der Waals surface area contributed by atoms with Crippen LogP contribution in [-0.2, 0) is 0 Å². The van der Waals surface area contributed by atoms with Crippen LogP contribution in [0.15, 0.2) is 0 Å². The molecule has 0 amide bonds. The highest BCUT2D eigenvalue weighted by Gasteiger charge is 2.16. The summed E-state index contributed by atoms with van der Waals surface area (Å²) in [7, 11) is 2.18. The van der Waals surface area contributed by atoms with E-state index < -0.39 is 0 Å². The molecule has 0 atom stereocenters. The third-order valence-corrected chi connectivity index (χ3v) is 3.48. The van der Waals surface area contributed by atoms with Crippen molar-refractivity contribution in [2.24, 2.45) is 5.92 Å². The normalized spacial score (nSPS) is 18.3. The second-order valence-electron chi connectivity index (χ2n) is 4.93. The smallest absolute Gasteiger partial charge is 0.242 e. The Morgan fingerprint density at radius 3 is 2.53 bits per heavy atom. The molecule has 0 spiro atoms. The van der Waals surface area contributed by atoms with E-state index >= 15 is 0 Å². The van der Waals surface area contributed by atoms with Gasteiger partial charge in [-0.05, 0) is 52.7 Å². The maximum absolute atomic E-state index is 4.38. The molecule has 2 heterocycles. The third kappa shape index (κ3) is 3.36. The van der Waals surface area contributed by atoms with E-state index in [0.29, 0.717) is 5.95 Å². The lowest BCUT2D eigenvalue weighted by Crippen LogP contribution is -2.33. The molecule has 0 unspecified atom stereocenters. The predicted octanol–water partition coefficient (Wildman–Crippen LogP) is 1.24. The minimum Gasteiger partial charge on any atom is -0.353 e. The van der Waals surface area contributed by atoms with E-state index in [1.54, 1.807) is 0 Å². The molecule has 0 aliphatic carbocycles. The van der Waals surface area contributed by atoms with Gasteiger partial charge in [-0.3, -0.25) is 0 Å². The van der Waals surface area contributed by atoms with Gasteiger partial charge in [0.1, 0.15) is 0 Å². The standard InChI is InChI=1S/C12H21N5/c1-9-10(2)15-16-12(14-9)13-8-11-4-6-17(3)7-5-11/h11H,4-8H2,1-3H3,(H,13,14,16). The number of piperidine rings is 1. The van der Waals surface area contributed by atoms with E-state index in [0.717, 1.165) is 23.9 Å². The van der Waals surface area contributed by atoms with Crippen molar-refractivity contribution in [2.45, 2.75) is 26.7 Å². The average Bonchev–Trinajstić information content (AvgIpc) is 2.33. The molecule has 94 valence electrons. The fourth-order valence-corrected chi connectivity index (χ4v) is 2.03. The average molecular weight is 235 g/mol. The van der Waals surface area contributed by atoms with Gasteiger partial charge >= 0.3 is 0 Å². The summed E-state index contributed by atoms with van der Waals surface area (Å²) >= 11 is 0. The summed E-state index contributed by atoms with van der Waals surface area (Å²) in [4.78, 5) is 6.76. The summed E-state index contributed by atoms with van der Waals surface area (Å²) in [6.45, 7) is 7.23. The van der Waals surface area contributed by atoms with Crippen LogP contribution in [0.25, 0.3) is 0 Å². The first kappa shape index (κ1) is 12.2. The van der Waals surface area contributed by atoms with Crippen molar-refractivity contribution in [1.82, 2.24) is 20.1 Å². The van der Waals surface area contributed by atoms with Gasteiger partial charge in [-0.15, -0.1) is 5.10 Å². The molecule has 0 saturated carbocycles. The Bertz CT molecular complexity index is 371. The fraction of sp³-hybridized carbons (Fsp3) is 0.750. The van der Waals surface area contributed by atoms with E-state index in [4.69, 9.17) is 0 Å². The van der Waals surface area contributed by atoms with Gasteiger partial charge in [-0.2, -0.15) is 5.10 Å². The van der Waals surface area contributed by atoms with Crippen molar-refractivity contribution < 1.29 is 0 Å². The van der Waals surface area contributed by atoms with E-state index in [9.17, 15) is 0 Å². The molecule has 1 aromatic heterocycles. The van der Waals surface area contributed by atoms with Gasteiger partial charge in [0.25, 0.3) is 0 Å². The lowest BCUT2D eigenvalue weighted by molar-refractivity contribution is 0.226. The molecule has 1 saturated heterocycles. The van der Waals surface area contributed by atoms with Gasteiger partial charge in [-0.25, -0.2) is 4.98 Å². The molecule has 0 aromatic carbocycles. The number of rotatable bonds is 3. The molecule has 5 heteroatoms. The molecule has 5 nitrogen and oxygen atoms in total. The Morgan fingerprint density at radius 2 is 1.88 bits per heavy atom. The van der Waals surface area contributed by atoms with Crippen LogP contribution < -0.4 is 5.32 Å². The van der Waals surface area contributed by atoms with Crippen LogP contribution in [0, 0.1) is 19.8 Å². The number of nitrogens with one attached hydrogen (secondary N) is 1. The lowest BCUT2D eigenvalue weighted by Gasteiger charge is -2.28. The van der Waals surface area contributed by atoms with E-state index in [1.807, 2.05) is 13.8 Å². The van der Waals surface area contributed by atoms with Crippen LogP contribution in [-0.4, -0.2) is 46.8 Å². The van der Waals surface area contributed by atoms with Crippen molar-refractivity contribution in [3.05, 3.63) is 11.4 Å². The largest absolute Gasteiger partial charge is 0.353 e. The summed E-state index contributed by atoms with van der Waals surface area (Å²) in [5.74, 6) is 1.39. The summed E-state index contributed by atoms with van der Waals surface area (Å²) < 4.78 is 0. The zero-order chi connectivity index (χ0) is 12.3. The van der Waals surface area contributed by atoms with E-state index in [2.05, 4.69) is 32.4 Å². The minimum atomic E-state index is 0.659. The third-order valence-electron chi connectivity index (χ3n) is 3.48. The number of likely N-dealkylation sites (tertiary alicyclic amines) is 1. The molecular formula is C12H21N5. The van der Waals surface area contributed by atoms with Crippen molar-refractivity contribution in [3.63, 3.8) is 0 Å². The topological polar surface area (TPSA) is 53.9 Å². The summed E-state index contributed by atoms with van der Waals surface area (Å²) in [5.41, 5.74) is 1.85. The van der Waals surface area contributed by atoms with E-state index in [-0.39, 0.29) is 0 Å². The zero-order valence-electron chi connectivity index (χ0n) is 10.9. The highest BCUT2D eigenvalue weighted by molar-refractivity contribution is 5.24. The summed E-state index contributed by atoms with van der Waals surface area (Å²) in [6, 6.07) is 0. The molecule has 1 N–H and O–H groups in total. The van der Waals surface area contributed by atoms with Gasteiger partial charge < -0.3 is 10.2 Å². The summed E-state index contributed by atoms with van der Waals surface area (Å²) in [6.07, 6.45) is 2.50. The predicted molar refractivity (Wildman–Crippen MR) is 68.0 cm³/mol. The molecule has 17 heavy (non-hydrogen) atoms. The summed E-state index contributed by atoms with van der Waals surface area (Å²) in [5, 5.41) is 11.4. The van der Waals surface area contributed by atoms with E-state index in [1.165, 1.54) is 25.9 Å². The zero-order valence-corrected chi connectivity index (χ0v) is 10.9.